The molecule has 1 N–H and O–H groups in total. The molecule has 7 nitrogen and oxygen atoms in total. The van der Waals surface area contributed by atoms with Gasteiger partial charge in [-0.1, -0.05) is 23.2 Å². The number of rotatable bonds is 5. The molecule has 1 amide bonds. The molecule has 3 heterocycles. The van der Waals surface area contributed by atoms with Crippen LogP contribution < -0.4 is 14.8 Å². The van der Waals surface area contributed by atoms with Crippen molar-refractivity contribution < 1.29 is 19.0 Å². The fourth-order valence-electron chi connectivity index (χ4n) is 2.29. The Morgan fingerprint density at radius 1 is 1.28 bits per heavy atom. The zero-order chi connectivity index (χ0) is 17.8. The normalized spacial score (nSPS) is 16.5. The van der Waals surface area contributed by atoms with Crippen molar-refractivity contribution in [2.75, 3.05) is 25.6 Å². The predicted octanol–water partition coefficient (Wildman–Crippen LogP) is 3.21. The van der Waals surface area contributed by atoms with Crippen molar-refractivity contribution in [2.24, 2.45) is 0 Å². The average molecular weight is 384 g/mol. The van der Waals surface area contributed by atoms with Crippen LogP contribution >= 0.6 is 23.2 Å². The first-order valence-corrected chi connectivity index (χ1v) is 8.23. The zero-order valence-electron chi connectivity index (χ0n) is 13.3. The molecule has 1 unspecified atom stereocenters. The molecule has 0 aliphatic carbocycles. The third-order valence-corrected chi connectivity index (χ3v) is 4.13. The molecule has 0 bridgehead atoms. The summed E-state index contributed by atoms with van der Waals surface area (Å²) in [5, 5.41) is 3.09. The number of carbonyl (C=O) groups is 1. The smallest absolute Gasteiger partial charge is 0.274 e. The lowest BCUT2D eigenvalue weighted by atomic mass is 10.2. The Hall–Kier alpha value is -2.09. The lowest BCUT2D eigenvalue weighted by Crippen LogP contribution is -2.18. The maximum atomic E-state index is 12.5. The van der Waals surface area contributed by atoms with E-state index >= 15 is 0 Å². The second-order valence-corrected chi connectivity index (χ2v) is 6.07. The number of nitrogens with one attached hydrogen (secondary N) is 1. The van der Waals surface area contributed by atoms with Crippen molar-refractivity contribution in [3.05, 3.63) is 40.4 Å². The predicted molar refractivity (Wildman–Crippen MR) is 92.9 cm³/mol. The first-order valence-electron chi connectivity index (χ1n) is 7.47. The van der Waals surface area contributed by atoms with E-state index in [-0.39, 0.29) is 27.5 Å². The molecule has 1 aliphatic rings. The molecule has 1 saturated heterocycles. The van der Waals surface area contributed by atoms with E-state index in [0.717, 1.165) is 6.42 Å². The average Bonchev–Trinajstić information content (AvgIpc) is 3.11. The van der Waals surface area contributed by atoms with Gasteiger partial charge in [-0.2, -0.15) is 0 Å². The van der Waals surface area contributed by atoms with Crippen molar-refractivity contribution in [2.45, 2.75) is 12.5 Å². The maximum absolute atomic E-state index is 12.5. The molecule has 1 aliphatic heterocycles. The third kappa shape index (κ3) is 4.12. The number of amides is 1. The van der Waals surface area contributed by atoms with E-state index in [4.69, 9.17) is 37.4 Å². The van der Waals surface area contributed by atoms with Gasteiger partial charge in [0.15, 0.2) is 11.5 Å². The second-order valence-electron chi connectivity index (χ2n) is 5.26. The number of pyridine rings is 2. The van der Waals surface area contributed by atoms with Gasteiger partial charge >= 0.3 is 0 Å². The summed E-state index contributed by atoms with van der Waals surface area (Å²) in [4.78, 5) is 20.4. The second kappa shape index (κ2) is 7.86. The summed E-state index contributed by atoms with van der Waals surface area (Å²) in [6.45, 7) is 1.14. The first-order chi connectivity index (χ1) is 12.1. The third-order valence-electron chi connectivity index (χ3n) is 3.56. The van der Waals surface area contributed by atoms with Crippen molar-refractivity contribution >= 4 is 34.8 Å². The Balaban J connectivity index is 1.82. The summed E-state index contributed by atoms with van der Waals surface area (Å²) in [6, 6.07) is 1.51. The van der Waals surface area contributed by atoms with Crippen molar-refractivity contribution in [1.82, 2.24) is 9.97 Å². The summed E-state index contributed by atoms with van der Waals surface area (Å²) in [7, 11) is 1.51. The SMILES string of the molecule is COc1cnc(C(=O)Nc2c(Cl)cncc2Cl)cc1OC1CCOC1. The molecule has 1 fully saturated rings. The number of hydrogen-bond donors (Lipinski definition) is 1. The van der Waals surface area contributed by atoms with Gasteiger partial charge in [-0.15, -0.1) is 0 Å². The van der Waals surface area contributed by atoms with Gasteiger partial charge in [-0.05, 0) is 0 Å². The van der Waals surface area contributed by atoms with Crippen LogP contribution in [0.4, 0.5) is 5.69 Å². The number of nitrogens with zero attached hydrogens (tertiary/aromatic N) is 2. The van der Waals surface area contributed by atoms with Gasteiger partial charge in [0.1, 0.15) is 11.8 Å². The highest BCUT2D eigenvalue weighted by Crippen LogP contribution is 2.31. The van der Waals surface area contributed by atoms with Crippen LogP contribution in [0, 0.1) is 0 Å². The molecule has 3 rings (SSSR count). The monoisotopic (exact) mass is 383 g/mol. The van der Waals surface area contributed by atoms with Gasteiger partial charge in [0, 0.05) is 24.9 Å². The van der Waals surface area contributed by atoms with E-state index in [1.807, 2.05) is 0 Å². The first kappa shape index (κ1) is 17.7. The lowest BCUT2D eigenvalue weighted by molar-refractivity contribution is 0.102. The summed E-state index contributed by atoms with van der Waals surface area (Å²) < 4.78 is 16.4. The number of carbonyl (C=O) groups excluding carboxylic acids is 1. The highest BCUT2D eigenvalue weighted by molar-refractivity contribution is 6.39. The van der Waals surface area contributed by atoms with Crippen LogP contribution in [0.2, 0.25) is 10.0 Å². The van der Waals surface area contributed by atoms with E-state index in [0.29, 0.717) is 24.7 Å². The number of halogens is 2. The van der Waals surface area contributed by atoms with Crippen molar-refractivity contribution in [1.29, 1.82) is 0 Å². The molecule has 2 aromatic heterocycles. The van der Waals surface area contributed by atoms with Gasteiger partial charge in [0.05, 0.1) is 42.3 Å². The van der Waals surface area contributed by atoms with Crippen LogP contribution in [0.25, 0.3) is 0 Å². The molecule has 9 heteroatoms. The Labute approximate surface area is 154 Å². The van der Waals surface area contributed by atoms with E-state index in [9.17, 15) is 4.79 Å². The molecule has 1 atom stereocenters. The van der Waals surface area contributed by atoms with Gasteiger partial charge in [0.2, 0.25) is 0 Å². The minimum Gasteiger partial charge on any atom is -0.491 e. The van der Waals surface area contributed by atoms with Crippen LogP contribution in [-0.4, -0.2) is 42.3 Å². The number of methoxy groups -OCH3 is 1. The Kier molecular flexibility index (Phi) is 5.57. The number of anilines is 1. The van der Waals surface area contributed by atoms with Gasteiger partial charge in [-0.25, -0.2) is 4.98 Å². The maximum Gasteiger partial charge on any atom is 0.274 e. The highest BCUT2D eigenvalue weighted by Gasteiger charge is 2.21. The standard InChI is InChI=1S/C16H15Cl2N3O4/c1-23-14-7-20-12(4-13(14)25-9-2-3-24-8-9)16(22)21-15-10(17)5-19-6-11(15)18/h4-7,9H,2-3,8H2,1H3,(H,19,21,22). The number of hydrogen-bond acceptors (Lipinski definition) is 6. The quantitative estimate of drug-likeness (QED) is 0.853. The fraction of sp³-hybridized carbons (Fsp3) is 0.312. The summed E-state index contributed by atoms with van der Waals surface area (Å²) in [5.74, 6) is 0.374. The largest absolute Gasteiger partial charge is 0.491 e. The van der Waals surface area contributed by atoms with Crippen LogP contribution in [0.3, 0.4) is 0 Å². The molecule has 25 heavy (non-hydrogen) atoms. The van der Waals surface area contributed by atoms with Crippen LogP contribution in [0.5, 0.6) is 11.5 Å². The molecule has 0 saturated carbocycles. The fourth-order valence-corrected chi connectivity index (χ4v) is 2.75. The highest BCUT2D eigenvalue weighted by atomic mass is 35.5. The minimum atomic E-state index is -0.481. The van der Waals surface area contributed by atoms with Gasteiger partial charge in [0.25, 0.3) is 5.91 Å². The number of ether oxygens (including phenoxy) is 3. The van der Waals surface area contributed by atoms with E-state index in [1.54, 1.807) is 0 Å². The summed E-state index contributed by atoms with van der Waals surface area (Å²) in [6.07, 6.45) is 4.89. The minimum absolute atomic E-state index is 0.0868. The molecular formula is C16H15Cl2N3O4. The van der Waals surface area contributed by atoms with Crippen LogP contribution in [-0.2, 0) is 4.74 Å². The molecule has 2 aromatic rings. The summed E-state index contributed by atoms with van der Waals surface area (Å²) in [5.41, 5.74) is 0.409. The Bertz CT molecular complexity index is 762. The van der Waals surface area contributed by atoms with Crippen molar-refractivity contribution in [3.8, 4) is 11.5 Å². The van der Waals surface area contributed by atoms with Crippen LogP contribution in [0.15, 0.2) is 24.7 Å². The molecule has 0 aromatic carbocycles. The molecule has 0 radical (unpaired) electrons. The molecule has 132 valence electrons. The Morgan fingerprint density at radius 3 is 2.68 bits per heavy atom. The number of aromatic nitrogens is 2. The van der Waals surface area contributed by atoms with Gasteiger partial charge < -0.3 is 19.5 Å². The van der Waals surface area contributed by atoms with E-state index in [1.165, 1.54) is 31.8 Å². The molecular weight excluding hydrogens is 369 g/mol. The van der Waals surface area contributed by atoms with Gasteiger partial charge in [-0.3, -0.25) is 9.78 Å². The van der Waals surface area contributed by atoms with E-state index < -0.39 is 5.91 Å². The topological polar surface area (TPSA) is 82.6 Å². The molecule has 0 spiro atoms. The zero-order valence-corrected chi connectivity index (χ0v) is 14.8. The van der Waals surface area contributed by atoms with E-state index in [2.05, 4.69) is 15.3 Å². The summed E-state index contributed by atoms with van der Waals surface area (Å²) >= 11 is 12.0. The Morgan fingerprint density at radius 2 is 2.04 bits per heavy atom. The van der Waals surface area contributed by atoms with Crippen molar-refractivity contribution in [3.63, 3.8) is 0 Å². The van der Waals surface area contributed by atoms with Crippen LogP contribution in [0.1, 0.15) is 16.9 Å². The lowest BCUT2D eigenvalue weighted by Gasteiger charge is -2.15.